The van der Waals surface area contributed by atoms with Crippen LogP contribution in [0.1, 0.15) is 45.9 Å². The van der Waals surface area contributed by atoms with Crippen molar-refractivity contribution >= 4 is 38.6 Å². The highest BCUT2D eigenvalue weighted by Gasteiger charge is 2.46. The van der Waals surface area contributed by atoms with E-state index in [0.717, 1.165) is 17.1 Å². The van der Waals surface area contributed by atoms with E-state index < -0.39 is 5.41 Å². The van der Waals surface area contributed by atoms with E-state index in [1.165, 1.54) is 82.7 Å². The van der Waals surface area contributed by atoms with Gasteiger partial charge in [0, 0.05) is 22.5 Å². The first-order valence-corrected chi connectivity index (χ1v) is 21.0. The molecule has 0 amide bonds. The third-order valence-corrected chi connectivity index (χ3v) is 13.6. The maximum atomic E-state index is 2.49. The van der Waals surface area contributed by atoms with Crippen molar-refractivity contribution in [3.63, 3.8) is 0 Å². The Bertz CT molecular complexity index is 3240. The maximum Gasteiger partial charge on any atom is 0.0714 e. The third kappa shape index (κ3) is 4.87. The second kappa shape index (κ2) is 13.3. The van der Waals surface area contributed by atoms with E-state index >= 15 is 0 Å². The van der Waals surface area contributed by atoms with E-state index in [-0.39, 0.29) is 5.41 Å². The Labute approximate surface area is 351 Å². The van der Waals surface area contributed by atoms with Crippen molar-refractivity contribution in [2.45, 2.75) is 17.8 Å². The minimum absolute atomic E-state index is 0.327. The molecule has 0 aromatic heterocycles. The minimum atomic E-state index is -0.510. The van der Waals surface area contributed by atoms with Crippen molar-refractivity contribution in [1.29, 1.82) is 0 Å². The first-order chi connectivity index (χ1) is 29.6. The number of benzene rings is 10. The molecule has 0 aliphatic heterocycles. The van der Waals surface area contributed by atoms with Gasteiger partial charge in [0.2, 0.25) is 0 Å². The summed E-state index contributed by atoms with van der Waals surface area (Å²) in [7, 11) is 0. The maximum absolute atomic E-state index is 2.49. The molecule has 0 bridgehead atoms. The summed E-state index contributed by atoms with van der Waals surface area (Å²) in [6.45, 7) is 2.41. The van der Waals surface area contributed by atoms with Crippen molar-refractivity contribution in [2.24, 2.45) is 0 Å². The molecule has 12 rings (SSSR count). The predicted octanol–water partition coefficient (Wildman–Crippen LogP) is 15.2. The van der Waals surface area contributed by atoms with Crippen LogP contribution in [0.3, 0.4) is 0 Å². The zero-order valence-electron chi connectivity index (χ0n) is 33.4. The van der Waals surface area contributed by atoms with E-state index in [1.54, 1.807) is 0 Å². The quantitative estimate of drug-likeness (QED) is 0.152. The summed E-state index contributed by atoms with van der Waals surface area (Å²) in [5.41, 5.74) is 16.8. The van der Waals surface area contributed by atoms with Gasteiger partial charge in [0.1, 0.15) is 0 Å². The van der Waals surface area contributed by atoms with Crippen molar-refractivity contribution < 1.29 is 0 Å². The molecule has 282 valence electrons. The molecule has 1 atom stereocenters. The first kappa shape index (κ1) is 34.6. The van der Waals surface area contributed by atoms with E-state index in [2.05, 4.69) is 242 Å². The second-order valence-corrected chi connectivity index (χ2v) is 16.6. The minimum Gasteiger partial charge on any atom is -0.310 e. The molecular weight excluding hydrogens is 723 g/mol. The molecule has 0 N–H and O–H groups in total. The molecule has 0 fully saturated rings. The normalized spacial score (nSPS) is 15.6. The van der Waals surface area contributed by atoms with Crippen molar-refractivity contribution in [3.05, 3.63) is 269 Å². The molecule has 0 saturated carbocycles. The number of nitrogens with zero attached hydrogens (tertiary/aromatic N) is 1. The van der Waals surface area contributed by atoms with Crippen LogP contribution < -0.4 is 4.90 Å². The summed E-state index contributed by atoms with van der Waals surface area (Å²) < 4.78 is 0. The summed E-state index contributed by atoms with van der Waals surface area (Å²) in [6.07, 6.45) is 0. The smallest absolute Gasteiger partial charge is 0.0714 e. The zero-order chi connectivity index (χ0) is 39.8. The van der Waals surface area contributed by atoms with E-state index in [4.69, 9.17) is 0 Å². The highest BCUT2D eigenvalue weighted by molar-refractivity contribution is 6.08. The van der Waals surface area contributed by atoms with Crippen molar-refractivity contribution in [2.75, 3.05) is 4.90 Å². The average molecular weight is 764 g/mol. The monoisotopic (exact) mass is 763 g/mol. The molecule has 0 saturated heterocycles. The van der Waals surface area contributed by atoms with Crippen molar-refractivity contribution in [3.8, 4) is 22.3 Å². The van der Waals surface area contributed by atoms with Gasteiger partial charge in [0.25, 0.3) is 0 Å². The molecular formula is C59H41N. The van der Waals surface area contributed by atoms with Crippen LogP contribution in [-0.2, 0) is 10.8 Å². The fourth-order valence-electron chi connectivity index (χ4n) is 10.9. The van der Waals surface area contributed by atoms with Gasteiger partial charge in [0.15, 0.2) is 0 Å². The number of rotatable bonds is 6. The lowest BCUT2D eigenvalue weighted by atomic mass is 9.67. The largest absolute Gasteiger partial charge is 0.310 e. The Balaban J connectivity index is 1.13. The molecule has 1 nitrogen and oxygen atoms in total. The Morgan fingerprint density at radius 3 is 1.43 bits per heavy atom. The molecule has 60 heavy (non-hydrogen) atoms. The number of fused-ring (bicyclic) bond motifs is 9. The van der Waals surface area contributed by atoms with Gasteiger partial charge in [-0.2, -0.15) is 0 Å². The lowest BCUT2D eigenvalue weighted by molar-refractivity contribution is 0.714. The predicted molar refractivity (Wildman–Crippen MR) is 251 cm³/mol. The van der Waals surface area contributed by atoms with E-state index in [0.29, 0.717) is 0 Å². The van der Waals surface area contributed by atoms with Gasteiger partial charge < -0.3 is 4.90 Å². The van der Waals surface area contributed by atoms with Crippen molar-refractivity contribution in [1.82, 2.24) is 0 Å². The molecule has 10 aromatic carbocycles. The highest BCUT2D eigenvalue weighted by Crippen LogP contribution is 2.58. The topological polar surface area (TPSA) is 3.24 Å². The van der Waals surface area contributed by atoms with Gasteiger partial charge in [-0.05, 0) is 126 Å². The second-order valence-electron chi connectivity index (χ2n) is 16.6. The number of hydrogen-bond acceptors (Lipinski definition) is 1. The van der Waals surface area contributed by atoms with Crippen LogP contribution in [-0.4, -0.2) is 0 Å². The Morgan fingerprint density at radius 2 is 0.750 bits per heavy atom. The lowest BCUT2D eigenvalue weighted by Gasteiger charge is -2.35. The van der Waals surface area contributed by atoms with Gasteiger partial charge in [-0.3, -0.25) is 0 Å². The molecule has 0 spiro atoms. The van der Waals surface area contributed by atoms with Crippen LogP contribution in [0, 0.1) is 0 Å². The van der Waals surface area contributed by atoms with Gasteiger partial charge in [-0.15, -0.1) is 0 Å². The summed E-state index contributed by atoms with van der Waals surface area (Å²) in [5.74, 6) is 0. The van der Waals surface area contributed by atoms with Gasteiger partial charge >= 0.3 is 0 Å². The number of hydrogen-bond donors (Lipinski definition) is 0. The summed E-state index contributed by atoms with van der Waals surface area (Å²) >= 11 is 0. The fraction of sp³-hybridized carbons (Fsp3) is 0.0508. The van der Waals surface area contributed by atoms with E-state index in [1.807, 2.05) is 0 Å². The summed E-state index contributed by atoms with van der Waals surface area (Å²) in [5, 5.41) is 5.00. The average Bonchev–Trinajstić information content (AvgIpc) is 3.76. The summed E-state index contributed by atoms with van der Waals surface area (Å²) in [6, 6.07) is 85.8. The van der Waals surface area contributed by atoms with Gasteiger partial charge in [-0.25, -0.2) is 0 Å². The Hall–Kier alpha value is -7.48. The molecule has 1 heteroatoms. The molecule has 2 aliphatic carbocycles. The highest BCUT2D eigenvalue weighted by atomic mass is 15.1. The molecule has 1 unspecified atom stereocenters. The summed E-state index contributed by atoms with van der Waals surface area (Å²) in [4.78, 5) is 2.49. The Kier molecular flexibility index (Phi) is 7.65. The SMILES string of the molecule is CC1(c2ccccc2)c2ccccc2-c2ccc(N(c3ccc4c(c3)C(c3ccccc3)(c3ccccc3)c3ccccc3-4)c3ccc4c(ccc5ccccc54)c3)cc21. The van der Waals surface area contributed by atoms with E-state index in [9.17, 15) is 0 Å². The third-order valence-electron chi connectivity index (χ3n) is 13.6. The Morgan fingerprint density at radius 1 is 0.300 bits per heavy atom. The standard InChI is InChI=1S/C59H41N/c1-58(42-18-5-2-6-19-42)54-27-15-13-25-50(54)52-35-32-46(38-56(52)58)60(45-31-34-49-41(37-45)30-29-40-17-11-12-24-48(40)49)47-33-36-53-51-26-14-16-28-55(51)59(57(53)39-47,43-20-7-3-8-21-43)44-22-9-4-10-23-44/h2-39H,1H3. The molecule has 10 aromatic rings. The van der Waals surface area contributed by atoms with Crippen LogP contribution in [0.25, 0.3) is 43.8 Å². The lowest BCUT2D eigenvalue weighted by Crippen LogP contribution is -2.28. The van der Waals surface area contributed by atoms with Gasteiger partial charge in [-0.1, -0.05) is 194 Å². The first-order valence-electron chi connectivity index (χ1n) is 21.0. The van der Waals surface area contributed by atoms with Crippen LogP contribution in [0.5, 0.6) is 0 Å². The molecule has 0 radical (unpaired) electrons. The van der Waals surface area contributed by atoms with Crippen LogP contribution in [0.4, 0.5) is 17.1 Å². The molecule has 2 aliphatic rings. The fourth-order valence-corrected chi connectivity index (χ4v) is 10.9. The number of anilines is 3. The zero-order valence-corrected chi connectivity index (χ0v) is 33.4. The molecule has 0 heterocycles. The van der Waals surface area contributed by atoms with Crippen LogP contribution in [0.2, 0.25) is 0 Å². The van der Waals surface area contributed by atoms with Crippen LogP contribution in [0.15, 0.2) is 231 Å². The van der Waals surface area contributed by atoms with Crippen LogP contribution >= 0.6 is 0 Å². The van der Waals surface area contributed by atoms with Gasteiger partial charge in [0.05, 0.1) is 5.41 Å².